The minimum absolute atomic E-state index is 0.105. The van der Waals surface area contributed by atoms with Gasteiger partial charge in [-0.3, -0.25) is 4.79 Å². The Bertz CT molecular complexity index is 427. The predicted molar refractivity (Wildman–Crippen MR) is 79.3 cm³/mol. The molecule has 110 valence electrons. The third-order valence-corrected chi connectivity index (χ3v) is 3.83. The van der Waals surface area contributed by atoms with Crippen LogP contribution in [-0.4, -0.2) is 31.1 Å². The van der Waals surface area contributed by atoms with Gasteiger partial charge in [0.1, 0.15) is 6.61 Å². The normalized spacial score (nSPS) is 23.5. The van der Waals surface area contributed by atoms with E-state index in [9.17, 15) is 4.79 Å². The van der Waals surface area contributed by atoms with E-state index in [-0.39, 0.29) is 17.4 Å². The van der Waals surface area contributed by atoms with E-state index in [1.165, 1.54) is 0 Å². The molecular weight excluding hydrogens is 252 g/mol. The monoisotopic (exact) mass is 276 g/mol. The number of carbonyl (C=O) groups excluding carboxylic acids is 1. The molecule has 4 nitrogen and oxygen atoms in total. The summed E-state index contributed by atoms with van der Waals surface area (Å²) < 4.78 is 5.34. The SMILES string of the molecule is CC(CNC1(C)CCNC1)C(=O)OCc1ccccc1. The van der Waals surface area contributed by atoms with Gasteiger partial charge in [-0.2, -0.15) is 0 Å². The smallest absolute Gasteiger partial charge is 0.310 e. The van der Waals surface area contributed by atoms with Gasteiger partial charge in [-0.1, -0.05) is 37.3 Å². The summed E-state index contributed by atoms with van der Waals surface area (Å²) >= 11 is 0. The van der Waals surface area contributed by atoms with Crippen LogP contribution in [0, 0.1) is 5.92 Å². The second kappa shape index (κ2) is 6.86. The summed E-state index contributed by atoms with van der Waals surface area (Å²) in [4.78, 5) is 11.9. The van der Waals surface area contributed by atoms with E-state index >= 15 is 0 Å². The van der Waals surface area contributed by atoms with Crippen LogP contribution in [0.1, 0.15) is 25.8 Å². The number of hydrogen-bond donors (Lipinski definition) is 2. The molecule has 20 heavy (non-hydrogen) atoms. The van der Waals surface area contributed by atoms with Crippen molar-refractivity contribution in [2.45, 2.75) is 32.4 Å². The van der Waals surface area contributed by atoms with Gasteiger partial charge in [0.05, 0.1) is 5.92 Å². The van der Waals surface area contributed by atoms with Gasteiger partial charge >= 0.3 is 5.97 Å². The second-order valence-corrected chi connectivity index (χ2v) is 5.86. The van der Waals surface area contributed by atoms with Crippen LogP contribution in [0.2, 0.25) is 0 Å². The van der Waals surface area contributed by atoms with Crippen LogP contribution in [0.25, 0.3) is 0 Å². The molecule has 1 aromatic carbocycles. The number of benzene rings is 1. The molecule has 0 bridgehead atoms. The number of ether oxygens (including phenoxy) is 1. The fraction of sp³-hybridized carbons (Fsp3) is 0.562. The summed E-state index contributed by atoms with van der Waals surface area (Å²) in [5.41, 5.74) is 1.13. The number of carbonyl (C=O) groups is 1. The molecule has 1 fully saturated rings. The highest BCUT2D eigenvalue weighted by Gasteiger charge is 2.29. The summed E-state index contributed by atoms with van der Waals surface area (Å²) in [6.45, 7) is 7.10. The fourth-order valence-corrected chi connectivity index (χ4v) is 2.32. The topological polar surface area (TPSA) is 50.4 Å². The van der Waals surface area contributed by atoms with Crippen molar-refractivity contribution in [3.05, 3.63) is 35.9 Å². The second-order valence-electron chi connectivity index (χ2n) is 5.86. The van der Waals surface area contributed by atoms with Crippen molar-refractivity contribution in [1.29, 1.82) is 0 Å². The molecule has 0 aliphatic carbocycles. The third kappa shape index (κ3) is 4.32. The zero-order valence-electron chi connectivity index (χ0n) is 12.3. The Balaban J connectivity index is 1.72. The van der Waals surface area contributed by atoms with E-state index in [1.54, 1.807) is 0 Å². The first kappa shape index (κ1) is 15.0. The van der Waals surface area contributed by atoms with E-state index < -0.39 is 0 Å². The van der Waals surface area contributed by atoms with Gasteiger partial charge in [0, 0.05) is 18.6 Å². The molecule has 1 saturated heterocycles. The van der Waals surface area contributed by atoms with Gasteiger partial charge in [0.25, 0.3) is 0 Å². The van der Waals surface area contributed by atoms with Crippen LogP contribution in [-0.2, 0) is 16.1 Å². The minimum atomic E-state index is -0.143. The number of hydrogen-bond acceptors (Lipinski definition) is 4. The van der Waals surface area contributed by atoms with Gasteiger partial charge in [0.15, 0.2) is 0 Å². The molecule has 0 aromatic heterocycles. The molecule has 2 unspecified atom stereocenters. The first-order chi connectivity index (χ1) is 9.59. The first-order valence-corrected chi connectivity index (χ1v) is 7.25. The summed E-state index contributed by atoms with van der Waals surface area (Å²) in [5.74, 6) is -0.271. The largest absolute Gasteiger partial charge is 0.461 e. The van der Waals surface area contributed by atoms with Crippen molar-refractivity contribution >= 4 is 5.97 Å². The molecule has 1 aliphatic heterocycles. The van der Waals surface area contributed by atoms with E-state index in [4.69, 9.17) is 4.74 Å². The van der Waals surface area contributed by atoms with Crippen molar-refractivity contribution in [1.82, 2.24) is 10.6 Å². The summed E-state index contributed by atoms with van der Waals surface area (Å²) in [6.07, 6.45) is 1.10. The zero-order chi connectivity index (χ0) is 14.4. The first-order valence-electron chi connectivity index (χ1n) is 7.25. The van der Waals surface area contributed by atoms with Crippen molar-refractivity contribution in [2.24, 2.45) is 5.92 Å². The molecular formula is C16H24N2O2. The lowest BCUT2D eigenvalue weighted by Gasteiger charge is -2.26. The molecule has 0 spiro atoms. The maximum absolute atomic E-state index is 11.9. The summed E-state index contributed by atoms with van der Waals surface area (Å²) in [5, 5.41) is 6.81. The average Bonchev–Trinajstić information content (AvgIpc) is 2.90. The van der Waals surface area contributed by atoms with E-state index in [1.807, 2.05) is 37.3 Å². The van der Waals surface area contributed by atoms with Gasteiger partial charge in [-0.05, 0) is 25.5 Å². The van der Waals surface area contributed by atoms with E-state index in [2.05, 4.69) is 17.6 Å². The number of nitrogens with one attached hydrogen (secondary N) is 2. The van der Waals surface area contributed by atoms with E-state index in [0.717, 1.165) is 25.1 Å². The van der Waals surface area contributed by atoms with E-state index in [0.29, 0.717) is 13.2 Å². The highest BCUT2D eigenvalue weighted by molar-refractivity contribution is 5.72. The fourth-order valence-electron chi connectivity index (χ4n) is 2.32. The average molecular weight is 276 g/mol. The quantitative estimate of drug-likeness (QED) is 0.777. The van der Waals surface area contributed by atoms with Gasteiger partial charge in [-0.25, -0.2) is 0 Å². The van der Waals surface area contributed by atoms with Crippen LogP contribution in [0.15, 0.2) is 30.3 Å². The molecule has 4 heteroatoms. The molecule has 0 radical (unpaired) electrons. The molecule has 1 heterocycles. The lowest BCUT2D eigenvalue weighted by Crippen LogP contribution is -2.46. The van der Waals surface area contributed by atoms with Crippen LogP contribution in [0.3, 0.4) is 0 Å². The minimum Gasteiger partial charge on any atom is -0.461 e. The van der Waals surface area contributed by atoms with Crippen LogP contribution in [0.4, 0.5) is 0 Å². The Kier molecular flexibility index (Phi) is 5.15. The standard InChI is InChI=1S/C16H24N2O2/c1-13(10-18-16(2)8-9-17-12-16)15(19)20-11-14-6-4-3-5-7-14/h3-7,13,17-18H,8-12H2,1-2H3. The highest BCUT2D eigenvalue weighted by Crippen LogP contribution is 2.14. The lowest BCUT2D eigenvalue weighted by atomic mass is 10.0. The van der Waals surface area contributed by atoms with Crippen molar-refractivity contribution in [2.75, 3.05) is 19.6 Å². The van der Waals surface area contributed by atoms with Crippen molar-refractivity contribution in [3.63, 3.8) is 0 Å². The molecule has 1 aromatic rings. The van der Waals surface area contributed by atoms with Crippen LogP contribution in [0.5, 0.6) is 0 Å². The zero-order valence-corrected chi connectivity index (χ0v) is 12.3. The van der Waals surface area contributed by atoms with Gasteiger partial charge < -0.3 is 15.4 Å². The Morgan fingerprint density at radius 3 is 2.85 bits per heavy atom. The Morgan fingerprint density at radius 2 is 2.20 bits per heavy atom. The Labute approximate surface area is 120 Å². The molecule has 1 aliphatic rings. The van der Waals surface area contributed by atoms with Gasteiger partial charge in [0.2, 0.25) is 0 Å². The van der Waals surface area contributed by atoms with Crippen LogP contribution < -0.4 is 10.6 Å². The third-order valence-electron chi connectivity index (χ3n) is 3.83. The Morgan fingerprint density at radius 1 is 1.45 bits per heavy atom. The number of esters is 1. The molecule has 0 saturated carbocycles. The van der Waals surface area contributed by atoms with Crippen LogP contribution >= 0.6 is 0 Å². The Hall–Kier alpha value is -1.39. The summed E-state index contributed by atoms with van der Waals surface area (Å²) in [7, 11) is 0. The lowest BCUT2D eigenvalue weighted by molar-refractivity contribution is -0.149. The van der Waals surface area contributed by atoms with Crippen molar-refractivity contribution in [3.8, 4) is 0 Å². The highest BCUT2D eigenvalue weighted by atomic mass is 16.5. The van der Waals surface area contributed by atoms with Gasteiger partial charge in [-0.15, -0.1) is 0 Å². The molecule has 2 rings (SSSR count). The molecule has 2 atom stereocenters. The number of rotatable bonds is 6. The predicted octanol–water partition coefficient (Wildman–Crippen LogP) is 1.71. The molecule has 0 amide bonds. The maximum atomic E-state index is 11.9. The summed E-state index contributed by atoms with van der Waals surface area (Å²) in [6, 6.07) is 9.77. The van der Waals surface area contributed by atoms with Crippen molar-refractivity contribution < 1.29 is 9.53 Å². The maximum Gasteiger partial charge on any atom is 0.310 e. The molecule has 2 N–H and O–H groups in total.